The van der Waals surface area contributed by atoms with E-state index in [0.29, 0.717) is 17.9 Å². The van der Waals surface area contributed by atoms with Crippen molar-refractivity contribution in [3.05, 3.63) is 41.6 Å². The number of anilines is 2. The number of aryl methyl sites for hydroxylation is 1. The van der Waals surface area contributed by atoms with Crippen LogP contribution in [0.25, 0.3) is 11.1 Å². The fourth-order valence-corrected chi connectivity index (χ4v) is 3.01. The number of nitrogens with one attached hydrogen (secondary N) is 2. The molecule has 2 amide bonds. The maximum Gasteiger partial charge on any atom is 0.255 e. The minimum atomic E-state index is -0.238. The molecule has 1 fully saturated rings. The molecule has 0 radical (unpaired) electrons. The molecule has 1 aliphatic rings. The van der Waals surface area contributed by atoms with Gasteiger partial charge in [-0.25, -0.2) is 4.98 Å². The first-order valence-electron chi connectivity index (χ1n) is 9.30. The molecule has 0 bridgehead atoms. The molecule has 0 spiro atoms. The van der Waals surface area contributed by atoms with Crippen LogP contribution in [0.1, 0.15) is 49.0 Å². The predicted molar refractivity (Wildman–Crippen MR) is 107 cm³/mol. The number of amides is 2. The van der Waals surface area contributed by atoms with Crippen LogP contribution in [-0.4, -0.2) is 22.8 Å². The monoisotopic (exact) mass is 366 g/mol. The second-order valence-corrected chi connectivity index (χ2v) is 7.51. The number of nitrogens with two attached hydrogens (primary N) is 1. The first-order chi connectivity index (χ1) is 12.8. The van der Waals surface area contributed by atoms with Gasteiger partial charge in [-0.3, -0.25) is 9.59 Å². The van der Waals surface area contributed by atoms with Gasteiger partial charge in [0.1, 0.15) is 5.82 Å². The fourth-order valence-electron chi connectivity index (χ4n) is 3.01. The molecule has 0 unspecified atom stereocenters. The molecule has 1 aromatic carbocycles. The zero-order chi connectivity index (χ0) is 19.6. The molecule has 142 valence electrons. The van der Waals surface area contributed by atoms with E-state index in [4.69, 9.17) is 5.73 Å². The molecule has 1 aliphatic carbocycles. The molecule has 0 saturated heterocycles. The van der Waals surface area contributed by atoms with Crippen molar-refractivity contribution in [3.63, 3.8) is 0 Å². The maximum atomic E-state index is 12.3. The molecule has 3 rings (SSSR count). The number of nitrogen functional groups attached to an aromatic ring is 1. The topological polar surface area (TPSA) is 97.1 Å². The molecule has 27 heavy (non-hydrogen) atoms. The zero-order valence-electron chi connectivity index (χ0n) is 16.0. The molecule has 0 aliphatic heterocycles. The molecule has 1 aromatic heterocycles. The molecule has 6 nitrogen and oxygen atoms in total. The van der Waals surface area contributed by atoms with Crippen molar-refractivity contribution in [2.75, 3.05) is 11.1 Å². The molecule has 1 heterocycles. The van der Waals surface area contributed by atoms with Gasteiger partial charge in [-0.2, -0.15) is 0 Å². The van der Waals surface area contributed by atoms with Crippen LogP contribution in [-0.2, 0) is 4.79 Å². The average Bonchev–Trinajstić information content (AvgIpc) is 3.39. The number of aromatic nitrogens is 1. The molecule has 1 saturated carbocycles. The van der Waals surface area contributed by atoms with E-state index in [1.54, 1.807) is 12.3 Å². The standard InChI is InChI=1S/C21H26N4O2/c1-12(2)24-21(27)18-10-15(11-23-20(18)22)17-7-6-16(8-13(17)3)25-19(26)9-14-4-5-14/h6-8,10-12,14H,4-5,9H2,1-3H3,(H2,22,23)(H,24,27)(H,25,26). The van der Waals surface area contributed by atoms with Gasteiger partial charge in [-0.1, -0.05) is 6.07 Å². The Balaban J connectivity index is 1.81. The highest BCUT2D eigenvalue weighted by molar-refractivity contribution is 5.99. The normalized spacial score (nSPS) is 13.5. The van der Waals surface area contributed by atoms with Gasteiger partial charge in [0.25, 0.3) is 5.91 Å². The van der Waals surface area contributed by atoms with Gasteiger partial charge < -0.3 is 16.4 Å². The minimum absolute atomic E-state index is 0.0147. The van der Waals surface area contributed by atoms with Crippen LogP contribution >= 0.6 is 0 Å². The Labute approximate surface area is 159 Å². The second-order valence-electron chi connectivity index (χ2n) is 7.51. The van der Waals surface area contributed by atoms with Gasteiger partial charge >= 0.3 is 0 Å². The van der Waals surface area contributed by atoms with Crippen LogP contribution in [0.5, 0.6) is 0 Å². The predicted octanol–water partition coefficient (Wildman–Crippen LogP) is 3.52. The first-order valence-corrected chi connectivity index (χ1v) is 9.30. The largest absolute Gasteiger partial charge is 0.383 e. The number of hydrogen-bond acceptors (Lipinski definition) is 4. The van der Waals surface area contributed by atoms with Crippen molar-refractivity contribution in [2.24, 2.45) is 5.92 Å². The lowest BCUT2D eigenvalue weighted by atomic mass is 9.99. The summed E-state index contributed by atoms with van der Waals surface area (Å²) in [4.78, 5) is 28.5. The summed E-state index contributed by atoms with van der Waals surface area (Å²) in [6.07, 6.45) is 4.57. The van der Waals surface area contributed by atoms with E-state index in [9.17, 15) is 9.59 Å². The van der Waals surface area contributed by atoms with E-state index in [1.807, 2.05) is 39.0 Å². The van der Waals surface area contributed by atoms with Crippen LogP contribution < -0.4 is 16.4 Å². The summed E-state index contributed by atoms with van der Waals surface area (Å²) < 4.78 is 0. The summed E-state index contributed by atoms with van der Waals surface area (Å²) in [5.41, 5.74) is 9.77. The zero-order valence-corrected chi connectivity index (χ0v) is 16.0. The Kier molecular flexibility index (Phi) is 5.44. The number of nitrogens with zero attached hydrogens (tertiary/aromatic N) is 1. The fraction of sp³-hybridized carbons (Fsp3) is 0.381. The summed E-state index contributed by atoms with van der Waals surface area (Å²) in [5, 5.41) is 5.79. The third-order valence-corrected chi connectivity index (χ3v) is 4.58. The van der Waals surface area contributed by atoms with Crippen LogP contribution in [0.4, 0.5) is 11.5 Å². The molecule has 2 aromatic rings. The van der Waals surface area contributed by atoms with E-state index in [0.717, 1.165) is 35.2 Å². The summed E-state index contributed by atoms with van der Waals surface area (Å²) >= 11 is 0. The van der Waals surface area contributed by atoms with Crippen LogP contribution in [0, 0.1) is 12.8 Å². The number of carbonyl (C=O) groups is 2. The van der Waals surface area contributed by atoms with Crippen molar-refractivity contribution < 1.29 is 9.59 Å². The van der Waals surface area contributed by atoms with Crippen LogP contribution in [0.2, 0.25) is 0 Å². The lowest BCUT2D eigenvalue weighted by Gasteiger charge is -2.13. The van der Waals surface area contributed by atoms with Gasteiger partial charge in [0.15, 0.2) is 0 Å². The molecule has 6 heteroatoms. The van der Waals surface area contributed by atoms with Gasteiger partial charge in [0.2, 0.25) is 5.91 Å². The maximum absolute atomic E-state index is 12.3. The number of hydrogen-bond donors (Lipinski definition) is 3. The third-order valence-electron chi connectivity index (χ3n) is 4.58. The number of rotatable bonds is 6. The number of carbonyl (C=O) groups excluding carboxylic acids is 2. The Morgan fingerprint density at radius 1 is 1.26 bits per heavy atom. The summed E-state index contributed by atoms with van der Waals surface area (Å²) in [5.74, 6) is 0.588. The first kappa shape index (κ1) is 18.9. The van der Waals surface area contributed by atoms with Crippen molar-refractivity contribution in [3.8, 4) is 11.1 Å². The lowest BCUT2D eigenvalue weighted by Crippen LogP contribution is -2.30. The highest BCUT2D eigenvalue weighted by atomic mass is 16.2. The summed E-state index contributed by atoms with van der Waals surface area (Å²) in [6, 6.07) is 7.51. The molecular weight excluding hydrogens is 340 g/mol. The number of pyridine rings is 1. The van der Waals surface area contributed by atoms with Crippen molar-refractivity contribution in [1.82, 2.24) is 10.3 Å². The number of benzene rings is 1. The van der Waals surface area contributed by atoms with Crippen molar-refractivity contribution >= 4 is 23.3 Å². The quantitative estimate of drug-likeness (QED) is 0.729. The van der Waals surface area contributed by atoms with E-state index >= 15 is 0 Å². The second kappa shape index (κ2) is 7.78. The summed E-state index contributed by atoms with van der Waals surface area (Å²) in [7, 11) is 0. The highest BCUT2D eigenvalue weighted by Crippen LogP contribution is 2.33. The van der Waals surface area contributed by atoms with E-state index in [-0.39, 0.29) is 23.7 Å². The summed E-state index contributed by atoms with van der Waals surface area (Å²) in [6.45, 7) is 5.76. The van der Waals surface area contributed by atoms with Gasteiger partial charge in [0, 0.05) is 29.9 Å². The van der Waals surface area contributed by atoms with Crippen LogP contribution in [0.15, 0.2) is 30.5 Å². The molecule has 4 N–H and O–H groups in total. The Hall–Kier alpha value is -2.89. The van der Waals surface area contributed by atoms with Crippen molar-refractivity contribution in [1.29, 1.82) is 0 Å². The third kappa shape index (κ3) is 4.84. The smallest absolute Gasteiger partial charge is 0.255 e. The SMILES string of the molecule is Cc1cc(NC(=O)CC2CC2)ccc1-c1cnc(N)c(C(=O)NC(C)C)c1. The molecule has 0 atom stereocenters. The highest BCUT2D eigenvalue weighted by Gasteiger charge is 2.24. The van der Waals surface area contributed by atoms with E-state index < -0.39 is 0 Å². The van der Waals surface area contributed by atoms with E-state index in [2.05, 4.69) is 15.6 Å². The van der Waals surface area contributed by atoms with Crippen molar-refractivity contribution in [2.45, 2.75) is 46.1 Å². The Morgan fingerprint density at radius 3 is 2.63 bits per heavy atom. The Bertz CT molecular complexity index is 872. The lowest BCUT2D eigenvalue weighted by molar-refractivity contribution is -0.116. The molecular formula is C21H26N4O2. The average molecular weight is 366 g/mol. The van der Waals surface area contributed by atoms with Gasteiger partial charge in [-0.05, 0) is 68.9 Å². The minimum Gasteiger partial charge on any atom is -0.383 e. The van der Waals surface area contributed by atoms with Crippen LogP contribution in [0.3, 0.4) is 0 Å². The van der Waals surface area contributed by atoms with Gasteiger partial charge in [0.05, 0.1) is 5.56 Å². The van der Waals surface area contributed by atoms with E-state index in [1.165, 1.54) is 0 Å². The Morgan fingerprint density at radius 2 is 2.00 bits per heavy atom. The van der Waals surface area contributed by atoms with Gasteiger partial charge in [-0.15, -0.1) is 0 Å².